The quantitative estimate of drug-likeness (QED) is 0.913. The maximum Gasteiger partial charge on any atom is 0.0298 e. The van der Waals surface area contributed by atoms with Gasteiger partial charge in [-0.15, -0.1) is 0 Å². The van der Waals surface area contributed by atoms with Gasteiger partial charge in [-0.25, -0.2) is 0 Å². The van der Waals surface area contributed by atoms with E-state index in [0.29, 0.717) is 6.04 Å². The van der Waals surface area contributed by atoms with Gasteiger partial charge in [0.05, 0.1) is 0 Å². The fourth-order valence-corrected chi connectivity index (χ4v) is 3.27. The van der Waals surface area contributed by atoms with Crippen molar-refractivity contribution in [1.29, 1.82) is 0 Å². The fourth-order valence-electron chi connectivity index (χ4n) is 3.27. The Morgan fingerprint density at radius 2 is 2.00 bits per heavy atom. The molecule has 0 spiro atoms. The van der Waals surface area contributed by atoms with Crippen molar-refractivity contribution in [2.45, 2.75) is 19.4 Å². The summed E-state index contributed by atoms with van der Waals surface area (Å²) < 4.78 is 0. The maximum absolute atomic E-state index is 3.73. The van der Waals surface area contributed by atoms with Crippen molar-refractivity contribution >= 4 is 10.8 Å². The molecule has 0 radical (unpaired) electrons. The zero-order chi connectivity index (χ0) is 13.9. The summed E-state index contributed by atoms with van der Waals surface area (Å²) in [6, 6.07) is 15.7. The highest BCUT2D eigenvalue weighted by atomic mass is 15.1. The number of rotatable bonds is 4. The molecule has 2 nitrogen and oxygen atoms in total. The van der Waals surface area contributed by atoms with Crippen LogP contribution >= 0.6 is 0 Å². The average molecular weight is 268 g/mol. The lowest BCUT2D eigenvalue weighted by Gasteiger charge is -2.19. The molecule has 3 rings (SSSR count). The molecule has 2 heteroatoms. The Morgan fingerprint density at radius 1 is 1.20 bits per heavy atom. The molecule has 1 aliphatic rings. The van der Waals surface area contributed by atoms with Crippen LogP contribution in [0.15, 0.2) is 42.5 Å². The SMILES string of the molecule is CC(NCC1CCN(C)C1)c1cccc2ccccc12. The second-order valence-electron chi connectivity index (χ2n) is 6.12. The van der Waals surface area contributed by atoms with Gasteiger partial charge in [0.1, 0.15) is 0 Å². The zero-order valence-corrected chi connectivity index (χ0v) is 12.5. The normalized spacial score (nSPS) is 21.4. The standard InChI is InChI=1S/C18H24N2/c1-14(19-12-15-10-11-20(2)13-15)17-9-5-7-16-6-3-4-8-18(16)17/h3-9,14-15,19H,10-13H2,1-2H3. The number of benzene rings is 2. The molecule has 0 aliphatic carbocycles. The van der Waals surface area contributed by atoms with Gasteiger partial charge in [-0.05, 0) is 55.7 Å². The fraction of sp³-hybridized carbons (Fsp3) is 0.444. The topological polar surface area (TPSA) is 15.3 Å². The van der Waals surface area contributed by atoms with Gasteiger partial charge in [-0.3, -0.25) is 0 Å². The molecule has 0 amide bonds. The minimum Gasteiger partial charge on any atom is -0.310 e. The number of hydrogen-bond acceptors (Lipinski definition) is 2. The first-order valence-electron chi connectivity index (χ1n) is 7.63. The van der Waals surface area contributed by atoms with Gasteiger partial charge in [0.15, 0.2) is 0 Å². The van der Waals surface area contributed by atoms with E-state index in [2.05, 4.69) is 66.7 Å². The van der Waals surface area contributed by atoms with E-state index in [1.165, 1.54) is 35.8 Å². The molecule has 1 aliphatic heterocycles. The van der Waals surface area contributed by atoms with Gasteiger partial charge in [-0.2, -0.15) is 0 Å². The smallest absolute Gasteiger partial charge is 0.0298 e. The molecular formula is C18H24N2. The van der Waals surface area contributed by atoms with E-state index in [1.54, 1.807) is 0 Å². The average Bonchev–Trinajstić information content (AvgIpc) is 2.90. The number of likely N-dealkylation sites (tertiary alicyclic amines) is 1. The highest BCUT2D eigenvalue weighted by molar-refractivity contribution is 5.86. The molecule has 2 unspecified atom stereocenters. The number of hydrogen-bond donors (Lipinski definition) is 1. The third-order valence-electron chi connectivity index (χ3n) is 4.49. The summed E-state index contributed by atoms with van der Waals surface area (Å²) in [4.78, 5) is 2.43. The Hall–Kier alpha value is -1.38. The molecular weight excluding hydrogens is 244 g/mol. The van der Waals surface area contributed by atoms with Gasteiger partial charge in [0.25, 0.3) is 0 Å². The highest BCUT2D eigenvalue weighted by Crippen LogP contribution is 2.24. The van der Waals surface area contributed by atoms with E-state index in [0.717, 1.165) is 12.5 Å². The van der Waals surface area contributed by atoms with E-state index < -0.39 is 0 Å². The van der Waals surface area contributed by atoms with Crippen LogP contribution < -0.4 is 5.32 Å². The van der Waals surface area contributed by atoms with Crippen LogP contribution in [0.1, 0.15) is 24.9 Å². The van der Waals surface area contributed by atoms with Crippen LogP contribution in [0.3, 0.4) is 0 Å². The van der Waals surface area contributed by atoms with Crippen molar-refractivity contribution in [1.82, 2.24) is 10.2 Å². The van der Waals surface area contributed by atoms with E-state index in [1.807, 2.05) is 0 Å². The molecule has 1 fully saturated rings. The van der Waals surface area contributed by atoms with E-state index in [9.17, 15) is 0 Å². The lowest BCUT2D eigenvalue weighted by Crippen LogP contribution is -2.27. The largest absolute Gasteiger partial charge is 0.310 e. The summed E-state index contributed by atoms with van der Waals surface area (Å²) in [6.45, 7) is 5.87. The minimum absolute atomic E-state index is 0.409. The van der Waals surface area contributed by atoms with Crippen molar-refractivity contribution in [2.24, 2.45) is 5.92 Å². The van der Waals surface area contributed by atoms with Crippen molar-refractivity contribution in [3.05, 3.63) is 48.0 Å². The predicted octanol–water partition coefficient (Wildman–Crippen LogP) is 3.44. The first-order valence-corrected chi connectivity index (χ1v) is 7.63. The van der Waals surface area contributed by atoms with Crippen LogP contribution in [-0.4, -0.2) is 31.6 Å². The number of nitrogens with one attached hydrogen (secondary N) is 1. The molecule has 1 heterocycles. The van der Waals surface area contributed by atoms with Crippen LogP contribution in [0, 0.1) is 5.92 Å². The summed E-state index contributed by atoms with van der Waals surface area (Å²) in [5.74, 6) is 0.803. The Morgan fingerprint density at radius 3 is 2.80 bits per heavy atom. The lowest BCUT2D eigenvalue weighted by atomic mass is 9.99. The van der Waals surface area contributed by atoms with Crippen molar-refractivity contribution in [3.63, 3.8) is 0 Å². The molecule has 1 N–H and O–H groups in total. The van der Waals surface area contributed by atoms with Gasteiger partial charge >= 0.3 is 0 Å². The Kier molecular flexibility index (Phi) is 4.04. The summed E-state index contributed by atoms with van der Waals surface area (Å²) in [5.41, 5.74) is 1.41. The van der Waals surface area contributed by atoms with Crippen molar-refractivity contribution < 1.29 is 0 Å². The van der Waals surface area contributed by atoms with Gasteiger partial charge in [-0.1, -0.05) is 42.5 Å². The summed E-state index contributed by atoms with van der Waals surface area (Å²) in [6.07, 6.45) is 1.33. The molecule has 2 aromatic carbocycles. The van der Waals surface area contributed by atoms with Crippen molar-refractivity contribution in [3.8, 4) is 0 Å². The lowest BCUT2D eigenvalue weighted by molar-refractivity contribution is 0.382. The van der Waals surface area contributed by atoms with Gasteiger partial charge in [0, 0.05) is 12.6 Å². The first-order chi connectivity index (χ1) is 9.74. The summed E-state index contributed by atoms with van der Waals surface area (Å²) in [5, 5.41) is 6.43. The summed E-state index contributed by atoms with van der Waals surface area (Å²) in [7, 11) is 2.22. The molecule has 20 heavy (non-hydrogen) atoms. The van der Waals surface area contributed by atoms with E-state index in [-0.39, 0.29) is 0 Å². The molecule has 2 atom stereocenters. The highest BCUT2D eigenvalue weighted by Gasteiger charge is 2.20. The van der Waals surface area contributed by atoms with Gasteiger partial charge < -0.3 is 10.2 Å². The van der Waals surface area contributed by atoms with Crippen LogP contribution in [0.4, 0.5) is 0 Å². The molecule has 2 aromatic rings. The first kappa shape index (κ1) is 13.6. The monoisotopic (exact) mass is 268 g/mol. The summed E-state index contributed by atoms with van der Waals surface area (Å²) >= 11 is 0. The molecule has 0 bridgehead atoms. The molecule has 1 saturated heterocycles. The number of fused-ring (bicyclic) bond motifs is 1. The molecule has 0 aromatic heterocycles. The molecule has 106 valence electrons. The predicted molar refractivity (Wildman–Crippen MR) is 86.0 cm³/mol. The second kappa shape index (κ2) is 5.94. The number of nitrogens with zero attached hydrogens (tertiary/aromatic N) is 1. The van der Waals surface area contributed by atoms with Gasteiger partial charge in [0.2, 0.25) is 0 Å². The van der Waals surface area contributed by atoms with Crippen LogP contribution in [-0.2, 0) is 0 Å². The third kappa shape index (κ3) is 2.87. The van der Waals surface area contributed by atoms with Crippen molar-refractivity contribution in [2.75, 3.05) is 26.7 Å². The van der Waals surface area contributed by atoms with E-state index in [4.69, 9.17) is 0 Å². The van der Waals surface area contributed by atoms with Crippen LogP contribution in [0.5, 0.6) is 0 Å². The third-order valence-corrected chi connectivity index (χ3v) is 4.49. The Bertz CT molecular complexity index is 573. The van der Waals surface area contributed by atoms with Crippen LogP contribution in [0.2, 0.25) is 0 Å². The Balaban J connectivity index is 1.71. The van der Waals surface area contributed by atoms with Crippen LogP contribution in [0.25, 0.3) is 10.8 Å². The zero-order valence-electron chi connectivity index (χ0n) is 12.5. The second-order valence-corrected chi connectivity index (χ2v) is 6.12. The Labute approximate surface area is 121 Å². The van der Waals surface area contributed by atoms with E-state index >= 15 is 0 Å². The minimum atomic E-state index is 0.409. The maximum atomic E-state index is 3.73. The molecule has 0 saturated carbocycles.